The topological polar surface area (TPSA) is 81.1 Å². The van der Waals surface area contributed by atoms with E-state index < -0.39 is 9.05 Å². The van der Waals surface area contributed by atoms with Gasteiger partial charge in [0.15, 0.2) is 5.03 Å². The SMILES string of the molecule is O=C(Cn1cnc(S(=O)(=O)Cl)c1)NC1CCCCCC1. The van der Waals surface area contributed by atoms with Gasteiger partial charge in [0.1, 0.15) is 6.54 Å². The summed E-state index contributed by atoms with van der Waals surface area (Å²) in [6.45, 7) is 0.0515. The molecular formula is C12H18ClN3O3S. The molecule has 1 N–H and O–H groups in total. The van der Waals surface area contributed by atoms with E-state index in [2.05, 4.69) is 10.3 Å². The molecule has 1 amide bonds. The summed E-state index contributed by atoms with van der Waals surface area (Å²) >= 11 is 0. The smallest absolute Gasteiger partial charge is 0.280 e. The second-order valence-electron chi connectivity index (χ2n) is 5.08. The molecule has 0 spiro atoms. The Labute approximate surface area is 122 Å². The highest BCUT2D eigenvalue weighted by Gasteiger charge is 2.17. The quantitative estimate of drug-likeness (QED) is 0.676. The Morgan fingerprint density at radius 2 is 2.00 bits per heavy atom. The van der Waals surface area contributed by atoms with Crippen LogP contribution >= 0.6 is 10.7 Å². The van der Waals surface area contributed by atoms with Crippen LogP contribution in [0.2, 0.25) is 0 Å². The minimum absolute atomic E-state index is 0.0515. The molecule has 0 radical (unpaired) electrons. The maximum Gasteiger partial charge on any atom is 0.280 e. The molecule has 1 aromatic rings. The Kier molecular flexibility index (Phi) is 5.04. The molecule has 8 heteroatoms. The minimum Gasteiger partial charge on any atom is -0.352 e. The molecule has 20 heavy (non-hydrogen) atoms. The molecule has 1 aromatic heterocycles. The number of imidazole rings is 1. The molecular weight excluding hydrogens is 302 g/mol. The summed E-state index contributed by atoms with van der Waals surface area (Å²) < 4.78 is 23.6. The normalized spacial score (nSPS) is 17.6. The van der Waals surface area contributed by atoms with Crippen LogP contribution < -0.4 is 5.32 Å². The number of aromatic nitrogens is 2. The van der Waals surface area contributed by atoms with Gasteiger partial charge in [0.2, 0.25) is 5.91 Å². The summed E-state index contributed by atoms with van der Waals surface area (Å²) in [7, 11) is 1.34. The van der Waals surface area contributed by atoms with E-state index in [-0.39, 0.29) is 23.5 Å². The maximum atomic E-state index is 11.9. The number of halogens is 1. The molecule has 1 aliphatic rings. The number of nitrogens with zero attached hydrogens (tertiary/aromatic N) is 2. The van der Waals surface area contributed by atoms with Crippen LogP contribution in [0.15, 0.2) is 17.6 Å². The Bertz CT molecular complexity index is 562. The molecule has 0 atom stereocenters. The molecule has 0 aromatic carbocycles. The van der Waals surface area contributed by atoms with Crippen molar-refractivity contribution in [2.24, 2.45) is 0 Å². The van der Waals surface area contributed by atoms with Crippen LogP contribution in [0.25, 0.3) is 0 Å². The van der Waals surface area contributed by atoms with Crippen molar-refractivity contribution < 1.29 is 13.2 Å². The first-order valence-corrected chi connectivity index (χ1v) is 9.02. The van der Waals surface area contributed by atoms with Crippen molar-refractivity contribution in [3.05, 3.63) is 12.5 Å². The predicted molar refractivity (Wildman–Crippen MR) is 74.9 cm³/mol. The van der Waals surface area contributed by atoms with Gasteiger partial charge in [0.05, 0.1) is 6.33 Å². The molecule has 0 aliphatic heterocycles. The van der Waals surface area contributed by atoms with Crippen LogP contribution in [0, 0.1) is 0 Å². The second-order valence-corrected chi connectivity index (χ2v) is 7.59. The lowest BCUT2D eigenvalue weighted by atomic mass is 10.1. The predicted octanol–water partition coefficient (Wildman–Crippen LogP) is 1.65. The molecule has 0 bridgehead atoms. The fraction of sp³-hybridized carbons (Fsp3) is 0.667. The highest BCUT2D eigenvalue weighted by molar-refractivity contribution is 8.13. The van der Waals surface area contributed by atoms with E-state index in [9.17, 15) is 13.2 Å². The summed E-state index contributed by atoms with van der Waals surface area (Å²) in [6.07, 6.45) is 9.32. The van der Waals surface area contributed by atoms with Crippen LogP contribution in [-0.4, -0.2) is 29.9 Å². The van der Waals surface area contributed by atoms with E-state index in [1.165, 1.54) is 29.9 Å². The van der Waals surface area contributed by atoms with Crippen molar-refractivity contribution in [2.45, 2.75) is 56.1 Å². The summed E-state index contributed by atoms with van der Waals surface area (Å²) in [4.78, 5) is 15.6. The largest absolute Gasteiger partial charge is 0.352 e. The summed E-state index contributed by atoms with van der Waals surface area (Å²) in [5, 5.41) is 2.75. The molecule has 2 rings (SSSR count). The van der Waals surface area contributed by atoms with E-state index >= 15 is 0 Å². The fourth-order valence-electron chi connectivity index (χ4n) is 2.41. The monoisotopic (exact) mass is 319 g/mol. The van der Waals surface area contributed by atoms with Gasteiger partial charge in [-0.05, 0) is 12.8 Å². The van der Waals surface area contributed by atoms with E-state index in [1.807, 2.05) is 0 Å². The molecule has 1 fully saturated rings. The van der Waals surface area contributed by atoms with Crippen LogP contribution in [-0.2, 0) is 20.4 Å². The van der Waals surface area contributed by atoms with Crippen LogP contribution in [0.3, 0.4) is 0 Å². The third-order valence-electron chi connectivity index (χ3n) is 3.41. The first kappa shape index (κ1) is 15.3. The van der Waals surface area contributed by atoms with E-state index in [4.69, 9.17) is 10.7 Å². The lowest BCUT2D eigenvalue weighted by Crippen LogP contribution is -2.36. The number of carbonyl (C=O) groups excluding carboxylic acids is 1. The highest BCUT2D eigenvalue weighted by atomic mass is 35.7. The third-order valence-corrected chi connectivity index (χ3v) is 4.59. The maximum absolute atomic E-state index is 11.9. The molecule has 0 saturated heterocycles. The number of rotatable bonds is 4. The summed E-state index contributed by atoms with van der Waals surface area (Å²) in [5.41, 5.74) is 0. The van der Waals surface area contributed by atoms with Crippen molar-refractivity contribution >= 4 is 25.6 Å². The van der Waals surface area contributed by atoms with Crippen molar-refractivity contribution in [2.75, 3.05) is 0 Å². The van der Waals surface area contributed by atoms with Gasteiger partial charge < -0.3 is 9.88 Å². The van der Waals surface area contributed by atoms with Crippen LogP contribution in [0.5, 0.6) is 0 Å². The highest BCUT2D eigenvalue weighted by Crippen LogP contribution is 2.17. The van der Waals surface area contributed by atoms with Gasteiger partial charge in [-0.1, -0.05) is 25.7 Å². The third kappa shape index (κ3) is 4.49. The molecule has 1 saturated carbocycles. The number of hydrogen-bond donors (Lipinski definition) is 1. The molecule has 6 nitrogen and oxygen atoms in total. The van der Waals surface area contributed by atoms with E-state index in [1.54, 1.807) is 0 Å². The summed E-state index contributed by atoms with van der Waals surface area (Å²) in [6, 6.07) is 0.227. The standard InChI is InChI=1S/C12H18ClN3O3S/c13-20(18,19)12-8-16(9-14-12)7-11(17)15-10-5-3-1-2-4-6-10/h8-10H,1-7H2,(H,15,17). The van der Waals surface area contributed by atoms with Crippen molar-refractivity contribution in [3.63, 3.8) is 0 Å². The zero-order valence-corrected chi connectivity index (χ0v) is 12.7. The average molecular weight is 320 g/mol. The van der Waals surface area contributed by atoms with Gasteiger partial charge in [0.25, 0.3) is 9.05 Å². The second kappa shape index (κ2) is 6.58. The zero-order chi connectivity index (χ0) is 14.6. The number of hydrogen-bond acceptors (Lipinski definition) is 4. The average Bonchev–Trinajstić information content (AvgIpc) is 2.67. The molecule has 112 valence electrons. The van der Waals surface area contributed by atoms with Gasteiger partial charge >= 0.3 is 0 Å². The van der Waals surface area contributed by atoms with E-state index in [0.29, 0.717) is 0 Å². The van der Waals surface area contributed by atoms with Gasteiger partial charge in [-0.2, -0.15) is 0 Å². The van der Waals surface area contributed by atoms with E-state index in [0.717, 1.165) is 25.7 Å². The van der Waals surface area contributed by atoms with Crippen LogP contribution in [0.1, 0.15) is 38.5 Å². The zero-order valence-electron chi connectivity index (χ0n) is 11.1. The molecule has 1 heterocycles. The van der Waals surface area contributed by atoms with Crippen molar-refractivity contribution in [3.8, 4) is 0 Å². The van der Waals surface area contributed by atoms with Crippen LogP contribution in [0.4, 0.5) is 0 Å². The Morgan fingerprint density at radius 1 is 1.35 bits per heavy atom. The number of carbonyl (C=O) groups is 1. The van der Waals surface area contributed by atoms with Crippen molar-refractivity contribution in [1.82, 2.24) is 14.9 Å². The lowest BCUT2D eigenvalue weighted by molar-refractivity contribution is -0.122. The number of nitrogens with one attached hydrogen (secondary N) is 1. The Morgan fingerprint density at radius 3 is 2.55 bits per heavy atom. The number of amides is 1. The van der Waals surface area contributed by atoms with Crippen molar-refractivity contribution in [1.29, 1.82) is 0 Å². The first-order valence-electron chi connectivity index (χ1n) is 6.71. The molecule has 0 unspecified atom stereocenters. The Balaban J connectivity index is 1.89. The fourth-order valence-corrected chi connectivity index (χ4v) is 3.09. The lowest BCUT2D eigenvalue weighted by Gasteiger charge is -2.16. The van der Waals surface area contributed by atoms with Gasteiger partial charge in [-0.25, -0.2) is 13.4 Å². The summed E-state index contributed by atoms with van der Waals surface area (Å²) in [5.74, 6) is -0.132. The van der Waals surface area contributed by atoms with Gasteiger partial charge in [-0.3, -0.25) is 4.79 Å². The first-order chi connectivity index (χ1) is 9.45. The van der Waals surface area contributed by atoms with Gasteiger partial charge in [0, 0.05) is 22.9 Å². The Hall–Kier alpha value is -1.08. The van der Waals surface area contributed by atoms with Gasteiger partial charge in [-0.15, -0.1) is 0 Å². The molecule has 1 aliphatic carbocycles. The minimum atomic E-state index is -3.84.